The number of hydrogen-bond donors (Lipinski definition) is 1. The molecular weight excluding hydrogens is 426 g/mol. The summed E-state index contributed by atoms with van der Waals surface area (Å²) >= 11 is 0. The first-order valence-corrected chi connectivity index (χ1v) is 9.86. The van der Waals surface area contributed by atoms with Gasteiger partial charge in [0.25, 0.3) is 17.5 Å². The SMILES string of the molecule is COc1ccc(N2C(=O)C(Nc3ccccc3OC)=C(c3ccc([N+](=O)[O-])cc3)C2=O)cc1. The van der Waals surface area contributed by atoms with Gasteiger partial charge in [0.1, 0.15) is 17.2 Å². The lowest BCUT2D eigenvalue weighted by molar-refractivity contribution is -0.384. The van der Waals surface area contributed by atoms with E-state index in [0.717, 1.165) is 4.90 Å². The number of amides is 2. The maximum atomic E-state index is 13.5. The fourth-order valence-corrected chi connectivity index (χ4v) is 3.51. The van der Waals surface area contributed by atoms with Gasteiger partial charge in [-0.2, -0.15) is 0 Å². The van der Waals surface area contributed by atoms with Gasteiger partial charge in [0.15, 0.2) is 0 Å². The molecule has 9 nitrogen and oxygen atoms in total. The highest BCUT2D eigenvalue weighted by atomic mass is 16.6. The molecule has 0 saturated heterocycles. The number of methoxy groups -OCH3 is 2. The van der Waals surface area contributed by atoms with E-state index in [1.807, 2.05) is 0 Å². The molecule has 1 aliphatic rings. The number of hydrogen-bond acceptors (Lipinski definition) is 7. The molecule has 0 unspecified atom stereocenters. The third-order valence-corrected chi connectivity index (χ3v) is 5.15. The van der Waals surface area contributed by atoms with Crippen molar-refractivity contribution in [2.45, 2.75) is 0 Å². The van der Waals surface area contributed by atoms with Gasteiger partial charge in [-0.25, -0.2) is 4.90 Å². The van der Waals surface area contributed by atoms with Gasteiger partial charge in [-0.1, -0.05) is 12.1 Å². The molecule has 2 amide bonds. The van der Waals surface area contributed by atoms with Crippen molar-refractivity contribution in [2.24, 2.45) is 0 Å². The summed E-state index contributed by atoms with van der Waals surface area (Å²) in [4.78, 5) is 38.5. The van der Waals surface area contributed by atoms with Gasteiger partial charge in [0.2, 0.25) is 0 Å². The zero-order chi connectivity index (χ0) is 23.5. The van der Waals surface area contributed by atoms with Crippen LogP contribution in [0.2, 0.25) is 0 Å². The predicted molar refractivity (Wildman–Crippen MR) is 122 cm³/mol. The lowest BCUT2D eigenvalue weighted by Crippen LogP contribution is -2.32. The van der Waals surface area contributed by atoms with Crippen molar-refractivity contribution in [1.82, 2.24) is 0 Å². The number of imide groups is 1. The Kier molecular flexibility index (Phi) is 5.77. The predicted octanol–water partition coefficient (Wildman–Crippen LogP) is 4.01. The highest BCUT2D eigenvalue weighted by molar-refractivity contribution is 6.46. The molecule has 9 heteroatoms. The fraction of sp³-hybridized carbons (Fsp3) is 0.0833. The van der Waals surface area contributed by atoms with E-state index in [0.29, 0.717) is 28.4 Å². The summed E-state index contributed by atoms with van der Waals surface area (Å²) in [5.41, 5.74) is 1.23. The zero-order valence-electron chi connectivity index (χ0n) is 17.8. The molecule has 0 spiro atoms. The molecule has 4 rings (SSSR count). The van der Waals surface area contributed by atoms with Gasteiger partial charge in [-0.3, -0.25) is 19.7 Å². The van der Waals surface area contributed by atoms with Crippen LogP contribution in [0, 0.1) is 10.1 Å². The quantitative estimate of drug-likeness (QED) is 0.332. The number of carbonyl (C=O) groups excluding carboxylic acids is 2. The molecule has 0 saturated carbocycles. The van der Waals surface area contributed by atoms with Crippen LogP contribution in [0.25, 0.3) is 5.57 Å². The number of rotatable bonds is 7. The maximum absolute atomic E-state index is 13.5. The molecule has 0 aliphatic carbocycles. The van der Waals surface area contributed by atoms with Crippen LogP contribution in [0.4, 0.5) is 17.1 Å². The van der Waals surface area contributed by atoms with Gasteiger partial charge >= 0.3 is 0 Å². The standard InChI is InChI=1S/C24H19N3O6/c1-32-18-13-11-16(12-14-18)26-23(28)21(15-7-9-17(10-8-15)27(30)31)22(24(26)29)25-19-5-3-4-6-20(19)33-2/h3-14,25H,1-2H3. The molecule has 1 N–H and O–H groups in total. The van der Waals surface area contributed by atoms with Crippen LogP contribution in [0.3, 0.4) is 0 Å². The van der Waals surface area contributed by atoms with Crippen LogP contribution in [-0.2, 0) is 9.59 Å². The minimum atomic E-state index is -0.565. The van der Waals surface area contributed by atoms with Crippen LogP contribution >= 0.6 is 0 Å². The smallest absolute Gasteiger partial charge is 0.282 e. The molecule has 1 aliphatic heterocycles. The van der Waals surface area contributed by atoms with E-state index in [1.54, 1.807) is 48.5 Å². The maximum Gasteiger partial charge on any atom is 0.282 e. The van der Waals surface area contributed by atoms with Crippen LogP contribution in [0.15, 0.2) is 78.5 Å². The number of nitro benzene ring substituents is 1. The number of anilines is 2. The highest BCUT2D eigenvalue weighted by Gasteiger charge is 2.40. The molecule has 0 aromatic heterocycles. The number of nitrogens with one attached hydrogen (secondary N) is 1. The molecule has 0 fully saturated rings. The number of nitro groups is 1. The van der Waals surface area contributed by atoms with Crippen LogP contribution in [0.1, 0.15) is 5.56 Å². The van der Waals surface area contributed by atoms with E-state index in [-0.39, 0.29) is 17.0 Å². The molecular formula is C24H19N3O6. The Morgan fingerprint density at radius 3 is 2.12 bits per heavy atom. The molecule has 3 aromatic rings. The summed E-state index contributed by atoms with van der Waals surface area (Å²) in [6.07, 6.45) is 0. The first kappa shape index (κ1) is 21.6. The molecule has 0 atom stereocenters. The number of para-hydroxylation sites is 2. The summed E-state index contributed by atoms with van der Waals surface area (Å²) in [6, 6.07) is 18.9. The van der Waals surface area contributed by atoms with E-state index in [4.69, 9.17) is 9.47 Å². The van der Waals surface area contributed by atoms with Crippen molar-refractivity contribution >= 4 is 34.4 Å². The Bertz CT molecular complexity index is 1270. The number of non-ortho nitro benzene ring substituents is 1. The van der Waals surface area contributed by atoms with Gasteiger partial charge in [-0.05, 0) is 54.1 Å². The molecule has 0 bridgehead atoms. The van der Waals surface area contributed by atoms with E-state index in [2.05, 4.69) is 5.32 Å². The Balaban J connectivity index is 1.82. The van der Waals surface area contributed by atoms with Crippen molar-refractivity contribution in [3.05, 3.63) is 94.2 Å². The van der Waals surface area contributed by atoms with Gasteiger partial charge < -0.3 is 14.8 Å². The average Bonchev–Trinajstić information content (AvgIpc) is 3.08. The zero-order valence-corrected chi connectivity index (χ0v) is 17.8. The third-order valence-electron chi connectivity index (χ3n) is 5.15. The summed E-state index contributed by atoms with van der Waals surface area (Å²) in [7, 11) is 3.02. The third kappa shape index (κ3) is 3.99. The second kappa shape index (κ2) is 8.83. The highest BCUT2D eigenvalue weighted by Crippen LogP contribution is 2.36. The number of carbonyl (C=O) groups is 2. The first-order chi connectivity index (χ1) is 15.9. The fourth-order valence-electron chi connectivity index (χ4n) is 3.51. The summed E-state index contributed by atoms with van der Waals surface area (Å²) in [5, 5.41) is 14.1. The summed E-state index contributed by atoms with van der Waals surface area (Å²) in [5.74, 6) is -0.0641. The van der Waals surface area contributed by atoms with Gasteiger partial charge in [0.05, 0.1) is 36.1 Å². The normalized spacial score (nSPS) is 13.3. The van der Waals surface area contributed by atoms with Crippen LogP contribution in [-0.4, -0.2) is 31.0 Å². The Morgan fingerprint density at radius 2 is 1.52 bits per heavy atom. The van der Waals surface area contributed by atoms with Crippen molar-refractivity contribution in [3.8, 4) is 11.5 Å². The van der Waals surface area contributed by atoms with Crippen molar-refractivity contribution < 1.29 is 24.0 Å². The second-order valence-corrected chi connectivity index (χ2v) is 7.02. The van der Waals surface area contributed by atoms with Crippen molar-refractivity contribution in [1.29, 1.82) is 0 Å². The van der Waals surface area contributed by atoms with E-state index in [9.17, 15) is 19.7 Å². The minimum Gasteiger partial charge on any atom is -0.497 e. The minimum absolute atomic E-state index is 0.0363. The second-order valence-electron chi connectivity index (χ2n) is 7.02. The Hall–Kier alpha value is -4.66. The number of nitrogens with zero attached hydrogens (tertiary/aromatic N) is 2. The Labute approximate surface area is 189 Å². The lowest BCUT2D eigenvalue weighted by atomic mass is 10.0. The number of benzene rings is 3. The van der Waals surface area contributed by atoms with E-state index in [1.165, 1.54) is 38.5 Å². The van der Waals surface area contributed by atoms with E-state index >= 15 is 0 Å². The molecule has 1 heterocycles. The van der Waals surface area contributed by atoms with Crippen molar-refractivity contribution in [3.63, 3.8) is 0 Å². The topological polar surface area (TPSA) is 111 Å². The molecule has 0 radical (unpaired) electrons. The lowest BCUT2D eigenvalue weighted by Gasteiger charge is -2.16. The molecule has 33 heavy (non-hydrogen) atoms. The Morgan fingerprint density at radius 1 is 0.848 bits per heavy atom. The summed E-state index contributed by atoms with van der Waals surface area (Å²) in [6.45, 7) is 0. The average molecular weight is 445 g/mol. The molecule has 166 valence electrons. The number of ether oxygens (including phenoxy) is 2. The van der Waals surface area contributed by atoms with Crippen molar-refractivity contribution in [2.75, 3.05) is 24.4 Å². The molecule has 3 aromatic carbocycles. The largest absolute Gasteiger partial charge is 0.497 e. The van der Waals surface area contributed by atoms with E-state index < -0.39 is 16.7 Å². The summed E-state index contributed by atoms with van der Waals surface area (Å²) < 4.78 is 10.5. The van der Waals surface area contributed by atoms with Crippen LogP contribution in [0.5, 0.6) is 11.5 Å². The first-order valence-electron chi connectivity index (χ1n) is 9.86. The van der Waals surface area contributed by atoms with Gasteiger partial charge in [-0.15, -0.1) is 0 Å². The van der Waals surface area contributed by atoms with Gasteiger partial charge in [0, 0.05) is 12.1 Å². The monoisotopic (exact) mass is 445 g/mol. The van der Waals surface area contributed by atoms with Crippen LogP contribution < -0.4 is 19.7 Å².